The van der Waals surface area contributed by atoms with E-state index in [1.807, 2.05) is 0 Å². The van der Waals surface area contributed by atoms with Crippen LogP contribution in [0.2, 0.25) is 0 Å². The number of phosphoric ester groups is 1. The number of esters is 1. The van der Waals surface area contributed by atoms with Crippen LogP contribution in [0.3, 0.4) is 0 Å². The summed E-state index contributed by atoms with van der Waals surface area (Å²) in [5.74, 6) is -0.332. The predicted molar refractivity (Wildman–Crippen MR) is 233 cm³/mol. The van der Waals surface area contributed by atoms with Gasteiger partial charge < -0.3 is 20.1 Å². The molecule has 2 unspecified atom stereocenters. The molecule has 3 N–H and O–H groups in total. The maximum Gasteiger partial charge on any atom is 0.472 e. The predicted octanol–water partition coefficient (Wildman–Crippen LogP) is 13.8. The topological polar surface area (TPSA) is 117 Å². The van der Waals surface area contributed by atoms with E-state index in [9.17, 15) is 14.3 Å². The molecule has 324 valence electrons. The van der Waals surface area contributed by atoms with E-state index in [0.717, 1.165) is 64.2 Å². The highest BCUT2D eigenvalue weighted by Crippen LogP contribution is 2.43. The van der Waals surface area contributed by atoms with Crippen LogP contribution in [0.4, 0.5) is 0 Å². The number of hydrogen-bond donors (Lipinski definition) is 2. The van der Waals surface area contributed by atoms with Crippen molar-refractivity contribution in [1.82, 2.24) is 0 Å². The number of carbonyl (C=O) groups excluding carboxylic acids is 1. The quantitative estimate of drug-likeness (QED) is 0.0271. The molecule has 0 aromatic heterocycles. The van der Waals surface area contributed by atoms with Gasteiger partial charge >= 0.3 is 13.8 Å². The molecule has 0 fully saturated rings. The lowest BCUT2D eigenvalue weighted by atomic mass is 10.0. The van der Waals surface area contributed by atoms with E-state index < -0.39 is 13.9 Å². The van der Waals surface area contributed by atoms with Crippen molar-refractivity contribution in [2.75, 3.05) is 33.0 Å². The molecule has 0 saturated carbocycles. The summed E-state index contributed by atoms with van der Waals surface area (Å²) in [7, 11) is -4.28. The zero-order valence-corrected chi connectivity index (χ0v) is 36.8. The first kappa shape index (κ1) is 53.7. The summed E-state index contributed by atoms with van der Waals surface area (Å²) in [6.07, 6.45) is 50.2. The number of hydrogen-bond acceptors (Lipinski definition) is 7. The van der Waals surface area contributed by atoms with Crippen LogP contribution in [0.5, 0.6) is 0 Å². The van der Waals surface area contributed by atoms with Gasteiger partial charge in [0, 0.05) is 19.6 Å². The standard InChI is InChI=1S/C46H88NO7P/c1-3-5-7-9-11-13-15-17-19-21-22-23-24-25-27-29-31-33-35-37-39-46(48)54-45(44-53-55(49,50)52-42-40-47)43-51-41-38-36-34-32-30-28-26-20-18-16-14-12-10-8-6-4-2/h6,8,12,14,18,20,45H,3-5,7,9-11,13,15-17,19,21-44,47H2,1-2H3,(H,49,50)/b8-6-,14-12-,20-18-. The van der Waals surface area contributed by atoms with Crippen LogP contribution in [-0.4, -0.2) is 49.9 Å². The lowest BCUT2D eigenvalue weighted by Crippen LogP contribution is -2.28. The Hall–Kier alpha value is -1.28. The molecule has 0 saturated heterocycles. The van der Waals surface area contributed by atoms with Crippen molar-refractivity contribution < 1.29 is 32.8 Å². The summed E-state index contributed by atoms with van der Waals surface area (Å²) in [5.41, 5.74) is 5.37. The molecule has 0 radical (unpaired) electrons. The summed E-state index contributed by atoms with van der Waals surface area (Å²) < 4.78 is 33.5. The van der Waals surface area contributed by atoms with E-state index in [1.54, 1.807) is 0 Å². The fourth-order valence-corrected chi connectivity index (χ4v) is 7.25. The highest BCUT2D eigenvalue weighted by Gasteiger charge is 2.25. The van der Waals surface area contributed by atoms with Crippen LogP contribution in [0.25, 0.3) is 0 Å². The summed E-state index contributed by atoms with van der Waals surface area (Å²) in [4.78, 5) is 22.5. The van der Waals surface area contributed by atoms with Crippen LogP contribution in [-0.2, 0) is 27.9 Å². The van der Waals surface area contributed by atoms with Gasteiger partial charge in [0.1, 0.15) is 6.10 Å². The fraction of sp³-hybridized carbons (Fsp3) is 0.848. The third kappa shape index (κ3) is 43.7. The number of unbranched alkanes of at least 4 members (excludes halogenated alkanes) is 25. The monoisotopic (exact) mass is 798 g/mol. The van der Waals surface area contributed by atoms with E-state index in [4.69, 9.17) is 24.3 Å². The van der Waals surface area contributed by atoms with Crippen molar-refractivity contribution in [2.24, 2.45) is 5.73 Å². The number of nitrogens with two attached hydrogens (primary N) is 1. The van der Waals surface area contributed by atoms with Crippen molar-refractivity contribution in [3.63, 3.8) is 0 Å². The summed E-state index contributed by atoms with van der Waals surface area (Å²) in [6.45, 7) is 4.81. The number of allylic oxidation sites excluding steroid dienone is 6. The molecule has 55 heavy (non-hydrogen) atoms. The molecular weight excluding hydrogens is 709 g/mol. The summed E-state index contributed by atoms with van der Waals surface area (Å²) in [5, 5.41) is 0. The zero-order chi connectivity index (χ0) is 40.2. The smallest absolute Gasteiger partial charge is 0.457 e. The molecule has 9 heteroatoms. The van der Waals surface area contributed by atoms with Gasteiger partial charge in [-0.15, -0.1) is 0 Å². The Labute approximate surface area is 339 Å². The molecule has 0 bridgehead atoms. The maximum absolute atomic E-state index is 12.6. The molecule has 0 aliphatic rings. The first-order valence-corrected chi connectivity index (χ1v) is 24.5. The molecule has 0 aromatic carbocycles. The highest BCUT2D eigenvalue weighted by molar-refractivity contribution is 7.47. The molecule has 0 aliphatic heterocycles. The van der Waals surface area contributed by atoms with Crippen LogP contribution < -0.4 is 5.73 Å². The first-order valence-electron chi connectivity index (χ1n) is 23.0. The number of phosphoric acid groups is 1. The number of carbonyl (C=O) groups is 1. The van der Waals surface area contributed by atoms with Crippen molar-refractivity contribution in [3.05, 3.63) is 36.5 Å². The average Bonchev–Trinajstić information content (AvgIpc) is 3.17. The summed E-state index contributed by atoms with van der Waals surface area (Å²) >= 11 is 0. The number of rotatable bonds is 44. The maximum atomic E-state index is 12.6. The molecule has 0 heterocycles. The second-order valence-corrected chi connectivity index (χ2v) is 16.7. The van der Waals surface area contributed by atoms with Gasteiger partial charge in [0.05, 0.1) is 19.8 Å². The second-order valence-electron chi connectivity index (χ2n) is 15.2. The van der Waals surface area contributed by atoms with Gasteiger partial charge in [-0.25, -0.2) is 4.57 Å². The minimum Gasteiger partial charge on any atom is -0.457 e. The fourth-order valence-electron chi connectivity index (χ4n) is 6.48. The first-order chi connectivity index (χ1) is 26.9. The van der Waals surface area contributed by atoms with Crippen LogP contribution in [0.1, 0.15) is 213 Å². The Bertz CT molecular complexity index is 941. The second kappa shape index (κ2) is 43.8. The van der Waals surface area contributed by atoms with Gasteiger partial charge in [-0.3, -0.25) is 13.8 Å². The molecule has 0 rings (SSSR count). The molecule has 0 aliphatic carbocycles. The van der Waals surface area contributed by atoms with Crippen molar-refractivity contribution in [1.29, 1.82) is 0 Å². The third-order valence-electron chi connectivity index (χ3n) is 9.82. The Kier molecular flexibility index (Phi) is 42.8. The molecular formula is C46H88NO7P. The Morgan fingerprint density at radius 1 is 0.564 bits per heavy atom. The van der Waals surface area contributed by atoms with E-state index in [2.05, 4.69) is 50.3 Å². The van der Waals surface area contributed by atoms with Gasteiger partial charge in [0.15, 0.2) is 0 Å². The normalized spacial score (nSPS) is 13.7. The Morgan fingerprint density at radius 3 is 1.53 bits per heavy atom. The van der Waals surface area contributed by atoms with Crippen molar-refractivity contribution in [2.45, 2.75) is 219 Å². The van der Waals surface area contributed by atoms with Crippen LogP contribution >= 0.6 is 7.82 Å². The number of ether oxygens (including phenoxy) is 2. The van der Waals surface area contributed by atoms with Gasteiger partial charge in [-0.2, -0.15) is 0 Å². The van der Waals surface area contributed by atoms with E-state index >= 15 is 0 Å². The van der Waals surface area contributed by atoms with Gasteiger partial charge in [0.25, 0.3) is 0 Å². The molecule has 8 nitrogen and oxygen atoms in total. The van der Waals surface area contributed by atoms with E-state index in [1.165, 1.54) is 128 Å². The average molecular weight is 798 g/mol. The zero-order valence-electron chi connectivity index (χ0n) is 35.9. The Balaban J connectivity index is 3.98. The lowest BCUT2D eigenvalue weighted by Gasteiger charge is -2.20. The molecule has 0 aromatic rings. The third-order valence-corrected chi connectivity index (χ3v) is 10.8. The lowest BCUT2D eigenvalue weighted by molar-refractivity contribution is -0.154. The Morgan fingerprint density at radius 2 is 1.02 bits per heavy atom. The van der Waals surface area contributed by atoms with E-state index in [0.29, 0.717) is 13.0 Å². The van der Waals surface area contributed by atoms with Gasteiger partial charge in [0.2, 0.25) is 0 Å². The van der Waals surface area contributed by atoms with Crippen molar-refractivity contribution in [3.8, 4) is 0 Å². The minimum absolute atomic E-state index is 0.0973. The molecule has 0 amide bonds. The largest absolute Gasteiger partial charge is 0.472 e. The van der Waals surface area contributed by atoms with Gasteiger partial charge in [-0.05, 0) is 44.9 Å². The van der Waals surface area contributed by atoms with Crippen molar-refractivity contribution >= 4 is 13.8 Å². The summed E-state index contributed by atoms with van der Waals surface area (Å²) in [6, 6.07) is 0. The van der Waals surface area contributed by atoms with Crippen LogP contribution in [0.15, 0.2) is 36.5 Å². The highest BCUT2D eigenvalue weighted by atomic mass is 31.2. The van der Waals surface area contributed by atoms with E-state index in [-0.39, 0.29) is 32.3 Å². The van der Waals surface area contributed by atoms with Gasteiger partial charge in [-0.1, -0.05) is 198 Å². The SMILES string of the molecule is CC/C=C\C/C=C\C/C=C\CCCCCCCCOCC(COP(=O)(O)OCCN)OC(=O)CCCCCCCCCCCCCCCCCCCCCC. The minimum atomic E-state index is -4.28. The van der Waals surface area contributed by atoms with Crippen LogP contribution in [0, 0.1) is 0 Å². The molecule has 0 spiro atoms. The molecule has 2 atom stereocenters.